The SMILES string of the molecule is CCCC(CCC)n1cc(-n2c(=O)n(C)c3cnc4cc(OC)c(-c5cn[nH]c5)cc4c32)cn1. The zero-order valence-electron chi connectivity index (χ0n) is 19.9. The summed E-state index contributed by atoms with van der Waals surface area (Å²) in [5.74, 6) is 0.695. The normalized spacial score (nSPS) is 11.8. The number of pyridine rings is 1. The number of hydrogen-bond donors (Lipinski definition) is 1. The van der Waals surface area contributed by atoms with Gasteiger partial charge in [-0.1, -0.05) is 26.7 Å². The second-order valence-electron chi connectivity index (χ2n) is 8.64. The van der Waals surface area contributed by atoms with Crippen LogP contribution in [0, 0.1) is 0 Å². The molecule has 34 heavy (non-hydrogen) atoms. The second kappa shape index (κ2) is 8.81. The molecule has 176 valence electrons. The van der Waals surface area contributed by atoms with Crippen LogP contribution in [0.25, 0.3) is 38.8 Å². The molecule has 4 aromatic heterocycles. The number of aryl methyl sites for hydroxylation is 1. The Bertz CT molecular complexity index is 1500. The first-order chi connectivity index (χ1) is 16.6. The predicted octanol–water partition coefficient (Wildman–Crippen LogP) is 4.61. The third-order valence-electron chi connectivity index (χ3n) is 6.48. The van der Waals surface area contributed by atoms with E-state index in [4.69, 9.17) is 4.74 Å². The van der Waals surface area contributed by atoms with Crippen molar-refractivity contribution in [3.8, 4) is 22.6 Å². The zero-order valence-corrected chi connectivity index (χ0v) is 19.9. The molecule has 1 N–H and O–H groups in total. The molecule has 0 aliphatic heterocycles. The van der Waals surface area contributed by atoms with E-state index >= 15 is 0 Å². The standard InChI is InChI=1S/C25H29N7O2/c1-5-7-17(8-6-2)31-15-18(13-29-31)32-24-20-9-19(16-11-27-28-12-16)23(34-4)10-21(20)26-14-22(24)30(3)25(32)33/h9-15,17H,5-8H2,1-4H3,(H,27,28). The van der Waals surface area contributed by atoms with Crippen LogP contribution in [0.3, 0.4) is 0 Å². The molecular formula is C25H29N7O2. The van der Waals surface area contributed by atoms with Gasteiger partial charge in [-0.05, 0) is 18.9 Å². The summed E-state index contributed by atoms with van der Waals surface area (Å²) in [7, 11) is 3.41. The molecule has 0 aliphatic carbocycles. The van der Waals surface area contributed by atoms with E-state index < -0.39 is 0 Å². The molecule has 9 nitrogen and oxygen atoms in total. The van der Waals surface area contributed by atoms with Crippen LogP contribution in [0.2, 0.25) is 0 Å². The maximum Gasteiger partial charge on any atom is 0.333 e. The maximum absolute atomic E-state index is 13.4. The fraction of sp³-hybridized carbons (Fsp3) is 0.360. The molecule has 0 saturated heterocycles. The van der Waals surface area contributed by atoms with E-state index in [1.54, 1.807) is 41.9 Å². The molecule has 0 amide bonds. The van der Waals surface area contributed by atoms with E-state index in [9.17, 15) is 4.79 Å². The summed E-state index contributed by atoms with van der Waals surface area (Å²) in [5.41, 5.74) is 4.70. The second-order valence-corrected chi connectivity index (χ2v) is 8.64. The van der Waals surface area contributed by atoms with Gasteiger partial charge in [0, 0.05) is 42.0 Å². The molecule has 5 rings (SSSR count). The molecule has 0 bridgehead atoms. The summed E-state index contributed by atoms with van der Waals surface area (Å²) >= 11 is 0. The summed E-state index contributed by atoms with van der Waals surface area (Å²) < 4.78 is 11.0. The van der Waals surface area contributed by atoms with Gasteiger partial charge >= 0.3 is 5.69 Å². The molecule has 4 heterocycles. The molecule has 0 saturated carbocycles. The third-order valence-corrected chi connectivity index (χ3v) is 6.48. The Morgan fingerprint density at radius 1 is 1.12 bits per heavy atom. The molecule has 9 heteroatoms. The Hall–Kier alpha value is -3.88. The number of aromatic nitrogens is 7. The number of aromatic amines is 1. The van der Waals surface area contributed by atoms with Crippen molar-refractivity contribution < 1.29 is 4.74 Å². The fourth-order valence-electron chi connectivity index (χ4n) is 4.78. The zero-order chi connectivity index (χ0) is 23.8. The molecule has 0 spiro atoms. The van der Waals surface area contributed by atoms with E-state index in [2.05, 4.69) is 34.1 Å². The number of nitrogens with one attached hydrogen (secondary N) is 1. The molecule has 0 unspecified atom stereocenters. The smallest absolute Gasteiger partial charge is 0.333 e. The Kier molecular flexibility index (Phi) is 5.69. The molecule has 0 aliphatic rings. The fourth-order valence-corrected chi connectivity index (χ4v) is 4.78. The lowest BCUT2D eigenvalue weighted by Crippen LogP contribution is -2.20. The van der Waals surface area contributed by atoms with Crippen LogP contribution in [-0.4, -0.2) is 41.2 Å². The van der Waals surface area contributed by atoms with Gasteiger partial charge in [0.05, 0.1) is 54.0 Å². The van der Waals surface area contributed by atoms with Gasteiger partial charge in [0.1, 0.15) is 5.75 Å². The Morgan fingerprint density at radius 2 is 1.91 bits per heavy atom. The highest BCUT2D eigenvalue weighted by molar-refractivity contribution is 6.05. The summed E-state index contributed by atoms with van der Waals surface area (Å²) in [6, 6.07) is 4.25. The minimum absolute atomic E-state index is 0.132. The van der Waals surface area contributed by atoms with Gasteiger partial charge in [0.2, 0.25) is 0 Å². The number of fused-ring (bicyclic) bond motifs is 3. The van der Waals surface area contributed by atoms with E-state index in [0.717, 1.165) is 64.4 Å². The first-order valence-electron chi connectivity index (χ1n) is 11.7. The van der Waals surface area contributed by atoms with Crippen molar-refractivity contribution in [2.75, 3.05) is 7.11 Å². The minimum Gasteiger partial charge on any atom is -0.496 e. The molecule has 5 aromatic rings. The number of ether oxygens (including phenoxy) is 1. The van der Waals surface area contributed by atoms with Crippen molar-refractivity contribution in [2.45, 2.75) is 45.6 Å². The number of benzene rings is 1. The Balaban J connectivity index is 1.77. The van der Waals surface area contributed by atoms with Gasteiger partial charge in [-0.2, -0.15) is 10.2 Å². The van der Waals surface area contributed by atoms with Gasteiger partial charge in [0.15, 0.2) is 0 Å². The lowest BCUT2D eigenvalue weighted by Gasteiger charge is -2.15. The lowest BCUT2D eigenvalue weighted by atomic mass is 10.0. The van der Waals surface area contributed by atoms with Gasteiger partial charge in [0.25, 0.3) is 0 Å². The average Bonchev–Trinajstić information content (AvgIpc) is 3.59. The van der Waals surface area contributed by atoms with Crippen LogP contribution in [0.5, 0.6) is 5.75 Å². The largest absolute Gasteiger partial charge is 0.496 e. The van der Waals surface area contributed by atoms with Crippen LogP contribution in [0.15, 0.2) is 47.9 Å². The molecule has 0 atom stereocenters. The van der Waals surface area contributed by atoms with Crippen molar-refractivity contribution in [3.05, 3.63) is 53.6 Å². The topological polar surface area (TPSA) is 95.5 Å². The highest BCUT2D eigenvalue weighted by Crippen LogP contribution is 2.36. The molecule has 0 radical (unpaired) electrons. The van der Waals surface area contributed by atoms with Gasteiger partial charge < -0.3 is 4.74 Å². The predicted molar refractivity (Wildman–Crippen MR) is 133 cm³/mol. The van der Waals surface area contributed by atoms with Crippen molar-refractivity contribution >= 4 is 21.9 Å². The van der Waals surface area contributed by atoms with Crippen LogP contribution in [0.4, 0.5) is 0 Å². The molecule has 1 aromatic carbocycles. The van der Waals surface area contributed by atoms with E-state index in [1.807, 2.05) is 29.2 Å². The van der Waals surface area contributed by atoms with Crippen molar-refractivity contribution in [3.63, 3.8) is 0 Å². The highest BCUT2D eigenvalue weighted by Gasteiger charge is 2.20. The molecular weight excluding hydrogens is 430 g/mol. The van der Waals surface area contributed by atoms with E-state index in [0.29, 0.717) is 11.8 Å². The molecule has 0 fully saturated rings. The lowest BCUT2D eigenvalue weighted by molar-refractivity contribution is 0.391. The van der Waals surface area contributed by atoms with Crippen molar-refractivity contribution in [1.29, 1.82) is 0 Å². The Labute approximate surface area is 197 Å². The maximum atomic E-state index is 13.4. The van der Waals surface area contributed by atoms with Crippen LogP contribution < -0.4 is 10.4 Å². The number of methoxy groups -OCH3 is 1. The quantitative estimate of drug-likeness (QED) is 0.365. The van der Waals surface area contributed by atoms with Crippen LogP contribution in [-0.2, 0) is 7.05 Å². The van der Waals surface area contributed by atoms with Gasteiger partial charge in [-0.25, -0.2) is 4.79 Å². The number of rotatable bonds is 8. The third kappa shape index (κ3) is 3.48. The summed E-state index contributed by atoms with van der Waals surface area (Å²) in [5, 5.41) is 12.5. The first-order valence-corrected chi connectivity index (χ1v) is 11.7. The number of imidazole rings is 1. The van der Waals surface area contributed by atoms with Crippen LogP contribution >= 0.6 is 0 Å². The van der Waals surface area contributed by atoms with E-state index in [1.165, 1.54) is 0 Å². The number of nitrogens with zero attached hydrogens (tertiary/aromatic N) is 6. The Morgan fingerprint density at radius 3 is 2.59 bits per heavy atom. The minimum atomic E-state index is -0.132. The number of H-pyrrole nitrogens is 1. The summed E-state index contributed by atoms with van der Waals surface area (Å²) in [4.78, 5) is 18.1. The van der Waals surface area contributed by atoms with E-state index in [-0.39, 0.29) is 5.69 Å². The monoisotopic (exact) mass is 459 g/mol. The average molecular weight is 460 g/mol. The van der Waals surface area contributed by atoms with Gasteiger partial charge in [-0.15, -0.1) is 0 Å². The summed E-state index contributed by atoms with van der Waals surface area (Å²) in [6.45, 7) is 4.38. The van der Waals surface area contributed by atoms with Crippen molar-refractivity contribution in [2.24, 2.45) is 7.05 Å². The number of hydrogen-bond acceptors (Lipinski definition) is 5. The summed E-state index contributed by atoms with van der Waals surface area (Å²) in [6.07, 6.45) is 13.4. The highest BCUT2D eigenvalue weighted by atomic mass is 16.5. The van der Waals surface area contributed by atoms with Crippen molar-refractivity contribution in [1.82, 2.24) is 34.1 Å². The van der Waals surface area contributed by atoms with Gasteiger partial charge in [-0.3, -0.25) is 23.9 Å². The first kappa shape index (κ1) is 21.9. The van der Waals surface area contributed by atoms with Crippen LogP contribution in [0.1, 0.15) is 45.6 Å².